The molecule has 0 aromatic heterocycles. The topological polar surface area (TPSA) is 52.6 Å². The van der Waals surface area contributed by atoms with Crippen molar-refractivity contribution in [2.24, 2.45) is 5.92 Å². The van der Waals surface area contributed by atoms with Gasteiger partial charge in [0.25, 0.3) is 0 Å². The van der Waals surface area contributed by atoms with E-state index in [1.54, 1.807) is 6.92 Å². The minimum atomic E-state index is -0.175. The van der Waals surface area contributed by atoms with E-state index in [1.807, 2.05) is 6.92 Å². The van der Waals surface area contributed by atoms with Crippen LogP contribution >= 0.6 is 0 Å². The van der Waals surface area contributed by atoms with Crippen molar-refractivity contribution in [2.75, 3.05) is 13.2 Å². The number of cyclic esters (lactones) is 1. The van der Waals surface area contributed by atoms with Gasteiger partial charge in [-0.15, -0.1) is 0 Å². The number of hydrogen-bond donors (Lipinski definition) is 0. The van der Waals surface area contributed by atoms with Gasteiger partial charge in [-0.05, 0) is 26.2 Å². The maximum absolute atomic E-state index is 11.4. The summed E-state index contributed by atoms with van der Waals surface area (Å²) in [5, 5.41) is 0. The normalized spacial score (nSPS) is 24.5. The Balaban J connectivity index is 2.24. The maximum Gasteiger partial charge on any atom is 0.309 e. The first-order valence-electron chi connectivity index (χ1n) is 5.91. The molecule has 0 aliphatic carbocycles. The second kappa shape index (κ2) is 6.63. The molecule has 0 spiro atoms. The van der Waals surface area contributed by atoms with Gasteiger partial charge in [-0.1, -0.05) is 6.92 Å². The number of carbonyl (C=O) groups is 2. The van der Waals surface area contributed by atoms with E-state index < -0.39 is 0 Å². The maximum atomic E-state index is 11.4. The van der Waals surface area contributed by atoms with Crippen LogP contribution in [0.1, 0.15) is 39.5 Å². The van der Waals surface area contributed by atoms with Gasteiger partial charge in [0, 0.05) is 13.0 Å². The molecular weight excluding hydrogens is 208 g/mol. The van der Waals surface area contributed by atoms with E-state index in [0.717, 1.165) is 6.42 Å². The molecule has 1 rings (SSSR count). The van der Waals surface area contributed by atoms with Gasteiger partial charge in [0.05, 0.1) is 12.5 Å². The summed E-state index contributed by atoms with van der Waals surface area (Å²) in [5.41, 5.74) is 0. The fourth-order valence-electron chi connectivity index (χ4n) is 1.80. The molecule has 0 bridgehead atoms. The number of carbonyl (C=O) groups excluding carboxylic acids is 2. The summed E-state index contributed by atoms with van der Waals surface area (Å²) in [5.74, 6) is -0.163. The van der Waals surface area contributed by atoms with Crippen LogP contribution in [0.3, 0.4) is 0 Å². The summed E-state index contributed by atoms with van der Waals surface area (Å²) in [6.07, 6.45) is 2.61. The Labute approximate surface area is 96.3 Å². The lowest BCUT2D eigenvalue weighted by Crippen LogP contribution is -2.15. The van der Waals surface area contributed by atoms with Crippen molar-refractivity contribution in [1.82, 2.24) is 0 Å². The van der Waals surface area contributed by atoms with E-state index in [0.29, 0.717) is 32.5 Å². The van der Waals surface area contributed by atoms with E-state index in [9.17, 15) is 9.59 Å². The number of ether oxygens (including phenoxy) is 2. The van der Waals surface area contributed by atoms with Crippen LogP contribution < -0.4 is 0 Å². The molecule has 2 unspecified atom stereocenters. The SMILES string of the molecule is CCCOCC1CC(CCC(C)=O)C(=O)O1. The summed E-state index contributed by atoms with van der Waals surface area (Å²) in [6, 6.07) is 0. The first-order chi connectivity index (χ1) is 7.63. The minimum Gasteiger partial charge on any atom is -0.460 e. The van der Waals surface area contributed by atoms with Crippen LogP contribution in [0.25, 0.3) is 0 Å². The molecule has 1 aliphatic heterocycles. The molecule has 1 saturated heterocycles. The monoisotopic (exact) mass is 228 g/mol. The van der Waals surface area contributed by atoms with Crippen LogP contribution in [0, 0.1) is 5.92 Å². The third-order valence-corrected chi connectivity index (χ3v) is 2.66. The molecule has 0 saturated carbocycles. The lowest BCUT2D eigenvalue weighted by molar-refractivity contribution is -0.146. The van der Waals surface area contributed by atoms with Crippen LogP contribution in [0.5, 0.6) is 0 Å². The Hall–Kier alpha value is -0.900. The number of ketones is 1. The average Bonchev–Trinajstić information content (AvgIpc) is 2.57. The largest absolute Gasteiger partial charge is 0.460 e. The lowest BCUT2D eigenvalue weighted by Gasteiger charge is -2.08. The van der Waals surface area contributed by atoms with Gasteiger partial charge >= 0.3 is 5.97 Å². The van der Waals surface area contributed by atoms with Crippen molar-refractivity contribution in [2.45, 2.75) is 45.6 Å². The Morgan fingerprint density at radius 1 is 1.56 bits per heavy atom. The molecule has 92 valence electrons. The second-order valence-corrected chi connectivity index (χ2v) is 4.31. The quantitative estimate of drug-likeness (QED) is 0.491. The van der Waals surface area contributed by atoms with Crippen molar-refractivity contribution in [1.29, 1.82) is 0 Å². The highest BCUT2D eigenvalue weighted by molar-refractivity contribution is 5.78. The molecule has 4 nitrogen and oxygen atoms in total. The molecule has 0 aromatic carbocycles. The molecule has 0 N–H and O–H groups in total. The molecule has 1 heterocycles. The van der Waals surface area contributed by atoms with Crippen LogP contribution in [-0.4, -0.2) is 31.1 Å². The van der Waals surface area contributed by atoms with Crippen molar-refractivity contribution in [3.05, 3.63) is 0 Å². The van der Waals surface area contributed by atoms with E-state index in [1.165, 1.54) is 0 Å². The molecule has 4 heteroatoms. The van der Waals surface area contributed by atoms with Gasteiger partial charge in [0.1, 0.15) is 11.9 Å². The highest BCUT2D eigenvalue weighted by Gasteiger charge is 2.34. The van der Waals surface area contributed by atoms with E-state index >= 15 is 0 Å². The Morgan fingerprint density at radius 2 is 2.31 bits per heavy atom. The van der Waals surface area contributed by atoms with Crippen LogP contribution in [-0.2, 0) is 19.1 Å². The molecule has 16 heavy (non-hydrogen) atoms. The predicted molar refractivity (Wildman–Crippen MR) is 59.0 cm³/mol. The van der Waals surface area contributed by atoms with Crippen LogP contribution in [0.2, 0.25) is 0 Å². The zero-order valence-corrected chi connectivity index (χ0v) is 10.0. The van der Waals surface area contributed by atoms with E-state index in [4.69, 9.17) is 9.47 Å². The van der Waals surface area contributed by atoms with E-state index in [-0.39, 0.29) is 23.8 Å². The second-order valence-electron chi connectivity index (χ2n) is 4.31. The standard InChI is InChI=1S/C12H20O4/c1-3-6-15-8-11-7-10(12(14)16-11)5-4-9(2)13/h10-11H,3-8H2,1-2H3. The summed E-state index contributed by atoms with van der Waals surface area (Å²) in [6.45, 7) is 4.76. The molecule has 2 atom stereocenters. The predicted octanol–water partition coefficient (Wildman–Crippen LogP) is 1.71. The highest BCUT2D eigenvalue weighted by Crippen LogP contribution is 2.25. The van der Waals surface area contributed by atoms with Crippen LogP contribution in [0.15, 0.2) is 0 Å². The molecule has 0 radical (unpaired) electrons. The summed E-state index contributed by atoms with van der Waals surface area (Å²) >= 11 is 0. The first-order valence-corrected chi connectivity index (χ1v) is 5.91. The van der Waals surface area contributed by atoms with Gasteiger partial charge in [-0.3, -0.25) is 4.79 Å². The number of esters is 1. The molecule has 1 aliphatic rings. The fraction of sp³-hybridized carbons (Fsp3) is 0.833. The van der Waals surface area contributed by atoms with Crippen molar-refractivity contribution in [3.63, 3.8) is 0 Å². The van der Waals surface area contributed by atoms with Gasteiger partial charge in [0.2, 0.25) is 0 Å². The third kappa shape index (κ3) is 4.31. The fourth-order valence-corrected chi connectivity index (χ4v) is 1.80. The Kier molecular flexibility index (Phi) is 5.46. The molecule has 1 fully saturated rings. The highest BCUT2D eigenvalue weighted by atomic mass is 16.6. The van der Waals surface area contributed by atoms with Gasteiger partial charge < -0.3 is 14.3 Å². The van der Waals surface area contributed by atoms with Crippen molar-refractivity contribution < 1.29 is 19.1 Å². The number of hydrogen-bond acceptors (Lipinski definition) is 4. The lowest BCUT2D eigenvalue weighted by atomic mass is 9.98. The van der Waals surface area contributed by atoms with Gasteiger partial charge in [-0.25, -0.2) is 0 Å². The zero-order chi connectivity index (χ0) is 12.0. The molecule has 0 aromatic rings. The average molecular weight is 228 g/mol. The number of rotatable bonds is 7. The van der Waals surface area contributed by atoms with Gasteiger partial charge in [-0.2, -0.15) is 0 Å². The van der Waals surface area contributed by atoms with E-state index in [2.05, 4.69) is 0 Å². The number of Topliss-reactive ketones (excluding diaryl/α,β-unsaturated/α-hetero) is 1. The summed E-state index contributed by atoms with van der Waals surface area (Å²) in [7, 11) is 0. The third-order valence-electron chi connectivity index (χ3n) is 2.66. The van der Waals surface area contributed by atoms with Crippen LogP contribution in [0.4, 0.5) is 0 Å². The van der Waals surface area contributed by atoms with Crippen molar-refractivity contribution in [3.8, 4) is 0 Å². The molecular formula is C12H20O4. The Morgan fingerprint density at radius 3 is 2.94 bits per heavy atom. The first kappa shape index (κ1) is 13.2. The smallest absolute Gasteiger partial charge is 0.309 e. The summed E-state index contributed by atoms with van der Waals surface area (Å²) in [4.78, 5) is 22.3. The van der Waals surface area contributed by atoms with Gasteiger partial charge in [0.15, 0.2) is 0 Å². The Bertz CT molecular complexity index is 249. The summed E-state index contributed by atoms with van der Waals surface area (Å²) < 4.78 is 10.5. The minimum absolute atomic E-state index is 0.112. The van der Waals surface area contributed by atoms with Crippen molar-refractivity contribution >= 4 is 11.8 Å². The zero-order valence-electron chi connectivity index (χ0n) is 10.0. The molecule has 0 amide bonds.